The zero-order valence-electron chi connectivity index (χ0n) is 14.3. The van der Waals surface area contributed by atoms with Crippen molar-refractivity contribution in [1.82, 2.24) is 0 Å². The van der Waals surface area contributed by atoms with Gasteiger partial charge in [0.05, 0.1) is 12.7 Å². The Morgan fingerprint density at radius 1 is 1.08 bits per heavy atom. The Balaban J connectivity index is 2.20. The quantitative estimate of drug-likeness (QED) is 0.455. The van der Waals surface area contributed by atoms with Gasteiger partial charge < -0.3 is 24.4 Å². The lowest BCUT2D eigenvalue weighted by Gasteiger charge is -2.10. The molecule has 2 aromatic carbocycles. The third-order valence-corrected chi connectivity index (χ3v) is 3.52. The van der Waals surface area contributed by atoms with Crippen LogP contribution < -0.4 is 9.47 Å². The first-order chi connectivity index (χ1) is 12.0. The molecule has 2 rings (SSSR count). The fraction of sp³-hybridized carbons (Fsp3) is 0.211. The average Bonchev–Trinajstić information content (AvgIpc) is 2.60. The van der Waals surface area contributed by atoms with Gasteiger partial charge in [0.15, 0.2) is 24.1 Å². The van der Waals surface area contributed by atoms with Crippen molar-refractivity contribution in [3.8, 4) is 23.0 Å². The van der Waals surface area contributed by atoms with Crippen molar-refractivity contribution in [3.05, 3.63) is 53.1 Å². The van der Waals surface area contributed by atoms with Crippen LogP contribution in [0.3, 0.4) is 0 Å². The predicted molar refractivity (Wildman–Crippen MR) is 93.4 cm³/mol. The third kappa shape index (κ3) is 4.51. The number of phenolic OH excluding ortho intramolecular Hbond substituents is 2. The van der Waals surface area contributed by atoms with Gasteiger partial charge in [-0.2, -0.15) is 0 Å². The summed E-state index contributed by atoms with van der Waals surface area (Å²) in [6, 6.07) is 7.72. The number of phenols is 2. The maximum absolute atomic E-state index is 12.3. The summed E-state index contributed by atoms with van der Waals surface area (Å²) in [5.74, 6) is 0.233. The second kappa shape index (κ2) is 8.21. The normalized spacial score (nSPS) is 10.8. The standard InChI is InChI=1S/C19H20O6/c1-12-8-14(16(21)10-19(12)25-11-23-2)15(20)6-4-13-5-7-18(24-3)17(22)9-13/h4-10,21-22H,11H2,1-3H3. The van der Waals surface area contributed by atoms with E-state index in [1.165, 1.54) is 32.4 Å². The smallest absolute Gasteiger partial charge is 0.189 e. The van der Waals surface area contributed by atoms with Gasteiger partial charge in [0, 0.05) is 13.2 Å². The van der Waals surface area contributed by atoms with Crippen LogP contribution in [0.25, 0.3) is 6.08 Å². The van der Waals surface area contributed by atoms with E-state index in [0.29, 0.717) is 22.6 Å². The van der Waals surface area contributed by atoms with Gasteiger partial charge in [-0.05, 0) is 42.3 Å². The highest BCUT2D eigenvalue weighted by molar-refractivity contribution is 6.08. The molecule has 0 aliphatic rings. The molecule has 0 spiro atoms. The largest absolute Gasteiger partial charge is 0.507 e. The Labute approximate surface area is 145 Å². The zero-order valence-corrected chi connectivity index (χ0v) is 14.3. The van der Waals surface area contributed by atoms with Crippen LogP contribution in [0.4, 0.5) is 0 Å². The highest BCUT2D eigenvalue weighted by Gasteiger charge is 2.13. The van der Waals surface area contributed by atoms with Crippen LogP contribution in [0.2, 0.25) is 0 Å². The predicted octanol–water partition coefficient (Wildman–Crippen LogP) is 3.29. The Morgan fingerprint density at radius 3 is 2.48 bits per heavy atom. The number of carbonyl (C=O) groups excluding carboxylic acids is 1. The van der Waals surface area contributed by atoms with Gasteiger partial charge in [-0.25, -0.2) is 0 Å². The number of allylic oxidation sites excluding steroid dienone is 1. The number of aryl methyl sites for hydroxylation is 1. The second-order valence-electron chi connectivity index (χ2n) is 5.31. The van der Waals surface area contributed by atoms with E-state index in [-0.39, 0.29) is 29.6 Å². The first-order valence-corrected chi connectivity index (χ1v) is 7.51. The fourth-order valence-corrected chi connectivity index (χ4v) is 2.22. The van der Waals surface area contributed by atoms with E-state index in [9.17, 15) is 15.0 Å². The Bertz CT molecular complexity index is 795. The van der Waals surface area contributed by atoms with Gasteiger partial charge in [0.1, 0.15) is 11.5 Å². The first kappa shape index (κ1) is 18.4. The lowest BCUT2D eigenvalue weighted by molar-refractivity contribution is 0.0505. The summed E-state index contributed by atoms with van der Waals surface area (Å²) in [5.41, 5.74) is 1.49. The van der Waals surface area contributed by atoms with Gasteiger partial charge in [0.2, 0.25) is 0 Å². The molecule has 0 saturated heterocycles. The maximum Gasteiger partial charge on any atom is 0.189 e. The first-order valence-electron chi connectivity index (χ1n) is 7.51. The monoisotopic (exact) mass is 344 g/mol. The van der Waals surface area contributed by atoms with Gasteiger partial charge in [-0.3, -0.25) is 4.79 Å². The Morgan fingerprint density at radius 2 is 1.84 bits per heavy atom. The fourth-order valence-electron chi connectivity index (χ4n) is 2.22. The molecule has 25 heavy (non-hydrogen) atoms. The minimum atomic E-state index is -0.366. The van der Waals surface area contributed by atoms with Crippen LogP contribution in [0.5, 0.6) is 23.0 Å². The number of methoxy groups -OCH3 is 2. The van der Waals surface area contributed by atoms with E-state index in [1.807, 2.05) is 0 Å². The van der Waals surface area contributed by atoms with Crippen LogP contribution in [0, 0.1) is 6.92 Å². The summed E-state index contributed by atoms with van der Waals surface area (Å²) in [7, 11) is 2.95. The number of hydrogen-bond acceptors (Lipinski definition) is 6. The highest BCUT2D eigenvalue weighted by Crippen LogP contribution is 2.29. The lowest BCUT2D eigenvalue weighted by atomic mass is 10.0. The number of ketones is 1. The number of benzene rings is 2. The topological polar surface area (TPSA) is 85.2 Å². The van der Waals surface area contributed by atoms with Crippen LogP contribution >= 0.6 is 0 Å². The van der Waals surface area contributed by atoms with E-state index < -0.39 is 0 Å². The van der Waals surface area contributed by atoms with Crippen LogP contribution in [0.15, 0.2) is 36.4 Å². The van der Waals surface area contributed by atoms with Crippen molar-refractivity contribution in [3.63, 3.8) is 0 Å². The minimum absolute atomic E-state index is 0.0181. The number of carbonyl (C=O) groups is 1. The Hall–Kier alpha value is -2.99. The molecular weight excluding hydrogens is 324 g/mol. The van der Waals surface area contributed by atoms with E-state index in [0.717, 1.165) is 0 Å². The molecule has 6 nitrogen and oxygen atoms in total. The maximum atomic E-state index is 12.3. The molecule has 0 radical (unpaired) electrons. The van der Waals surface area contributed by atoms with Gasteiger partial charge in [-0.15, -0.1) is 0 Å². The molecule has 0 bridgehead atoms. The molecule has 2 aromatic rings. The van der Waals surface area contributed by atoms with E-state index in [1.54, 1.807) is 31.2 Å². The number of hydrogen-bond donors (Lipinski definition) is 2. The average molecular weight is 344 g/mol. The molecule has 2 N–H and O–H groups in total. The molecule has 0 aliphatic carbocycles. The molecule has 0 aromatic heterocycles. The molecule has 132 valence electrons. The molecular formula is C19H20O6. The SMILES string of the molecule is COCOc1cc(O)c(C(=O)C=Cc2ccc(OC)c(O)c2)cc1C. The molecule has 0 heterocycles. The van der Waals surface area contributed by atoms with E-state index in [2.05, 4.69) is 0 Å². The van der Waals surface area contributed by atoms with Crippen molar-refractivity contribution < 1.29 is 29.2 Å². The lowest BCUT2D eigenvalue weighted by Crippen LogP contribution is -2.02. The molecule has 0 aliphatic heterocycles. The van der Waals surface area contributed by atoms with E-state index in [4.69, 9.17) is 14.2 Å². The molecule has 0 saturated carbocycles. The molecule has 0 fully saturated rings. The van der Waals surface area contributed by atoms with Crippen LogP contribution in [-0.2, 0) is 4.74 Å². The number of ether oxygens (including phenoxy) is 3. The second-order valence-corrected chi connectivity index (χ2v) is 5.31. The number of rotatable bonds is 7. The summed E-state index contributed by atoms with van der Waals surface area (Å²) in [6.45, 7) is 1.82. The zero-order chi connectivity index (χ0) is 18.4. The summed E-state index contributed by atoms with van der Waals surface area (Å²) in [6.07, 6.45) is 2.87. The van der Waals surface area contributed by atoms with Crippen molar-refractivity contribution in [2.75, 3.05) is 21.0 Å². The van der Waals surface area contributed by atoms with Crippen molar-refractivity contribution in [1.29, 1.82) is 0 Å². The van der Waals surface area contributed by atoms with Crippen molar-refractivity contribution >= 4 is 11.9 Å². The number of aromatic hydroxyl groups is 2. The summed E-state index contributed by atoms with van der Waals surface area (Å²) in [5, 5.41) is 19.8. The van der Waals surface area contributed by atoms with Gasteiger partial charge in [-0.1, -0.05) is 12.1 Å². The molecule has 0 unspecified atom stereocenters. The van der Waals surface area contributed by atoms with Crippen molar-refractivity contribution in [2.24, 2.45) is 0 Å². The summed E-state index contributed by atoms with van der Waals surface area (Å²) in [4.78, 5) is 12.3. The minimum Gasteiger partial charge on any atom is -0.507 e. The molecule has 6 heteroatoms. The summed E-state index contributed by atoms with van der Waals surface area (Å²) >= 11 is 0. The van der Waals surface area contributed by atoms with Gasteiger partial charge in [0.25, 0.3) is 0 Å². The summed E-state index contributed by atoms with van der Waals surface area (Å²) < 4.78 is 15.1. The molecule has 0 atom stereocenters. The van der Waals surface area contributed by atoms with Crippen LogP contribution in [-0.4, -0.2) is 37.0 Å². The van der Waals surface area contributed by atoms with Crippen molar-refractivity contribution in [2.45, 2.75) is 6.92 Å². The Kier molecular flexibility index (Phi) is 6.03. The highest BCUT2D eigenvalue weighted by atomic mass is 16.7. The van der Waals surface area contributed by atoms with Crippen LogP contribution in [0.1, 0.15) is 21.5 Å². The molecule has 0 amide bonds. The van der Waals surface area contributed by atoms with E-state index >= 15 is 0 Å². The van der Waals surface area contributed by atoms with Gasteiger partial charge >= 0.3 is 0 Å². The third-order valence-electron chi connectivity index (χ3n) is 3.52.